The second-order valence-electron chi connectivity index (χ2n) is 5.61. The summed E-state index contributed by atoms with van der Waals surface area (Å²) in [4.78, 5) is 2.34. The zero-order chi connectivity index (χ0) is 14.9. The van der Waals surface area contributed by atoms with Crippen LogP contribution < -0.4 is 5.32 Å². The standard InChI is InChI=1S/C15H16ClF2NS/c1-15(2,3)13-5-4-10(20-13)8-19-14-11(16)6-9(17)7-12(14)18/h4-7,19H,8H2,1-3H3. The van der Waals surface area contributed by atoms with E-state index in [1.807, 2.05) is 6.07 Å². The second-order valence-corrected chi connectivity index (χ2v) is 7.19. The topological polar surface area (TPSA) is 12.0 Å². The van der Waals surface area contributed by atoms with E-state index in [-0.39, 0.29) is 16.1 Å². The maximum atomic E-state index is 13.6. The molecule has 0 atom stereocenters. The Kier molecular flexibility index (Phi) is 4.35. The van der Waals surface area contributed by atoms with Crippen molar-refractivity contribution in [2.75, 3.05) is 5.32 Å². The van der Waals surface area contributed by atoms with Gasteiger partial charge in [0.15, 0.2) is 5.82 Å². The predicted molar refractivity (Wildman–Crippen MR) is 81.7 cm³/mol. The quantitative estimate of drug-likeness (QED) is 0.778. The average Bonchev–Trinajstić information content (AvgIpc) is 2.75. The van der Waals surface area contributed by atoms with Crippen LogP contribution in [0.4, 0.5) is 14.5 Å². The lowest BCUT2D eigenvalue weighted by Crippen LogP contribution is -2.07. The molecule has 0 spiro atoms. The molecule has 0 saturated heterocycles. The molecule has 1 aromatic carbocycles. The molecule has 0 radical (unpaired) electrons. The van der Waals surface area contributed by atoms with Crippen LogP contribution in [0.2, 0.25) is 5.02 Å². The van der Waals surface area contributed by atoms with E-state index in [2.05, 4.69) is 32.2 Å². The number of hydrogen-bond donors (Lipinski definition) is 1. The number of nitrogens with one attached hydrogen (secondary N) is 1. The van der Waals surface area contributed by atoms with Gasteiger partial charge in [0, 0.05) is 22.4 Å². The molecule has 1 N–H and O–H groups in total. The van der Waals surface area contributed by atoms with Crippen LogP contribution in [0.25, 0.3) is 0 Å². The van der Waals surface area contributed by atoms with Gasteiger partial charge in [-0.1, -0.05) is 32.4 Å². The fraction of sp³-hybridized carbons (Fsp3) is 0.333. The molecule has 0 amide bonds. The molecule has 1 aromatic heterocycles. The first kappa shape index (κ1) is 15.3. The molecule has 0 saturated carbocycles. The van der Waals surface area contributed by atoms with Gasteiger partial charge in [0.1, 0.15) is 5.82 Å². The molecule has 0 fully saturated rings. The molecule has 1 heterocycles. The Morgan fingerprint density at radius 1 is 1.20 bits per heavy atom. The minimum atomic E-state index is -0.678. The number of thiophene rings is 1. The van der Waals surface area contributed by atoms with Crippen LogP contribution >= 0.6 is 22.9 Å². The van der Waals surface area contributed by atoms with Gasteiger partial charge in [-0.15, -0.1) is 11.3 Å². The van der Waals surface area contributed by atoms with E-state index in [1.165, 1.54) is 4.88 Å². The molecule has 2 rings (SSSR count). The van der Waals surface area contributed by atoms with Crippen LogP contribution in [0.5, 0.6) is 0 Å². The summed E-state index contributed by atoms with van der Waals surface area (Å²) in [6, 6.07) is 6.00. The van der Waals surface area contributed by atoms with E-state index in [0.29, 0.717) is 6.54 Å². The van der Waals surface area contributed by atoms with Gasteiger partial charge in [-0.3, -0.25) is 0 Å². The van der Waals surface area contributed by atoms with Gasteiger partial charge in [-0.05, 0) is 23.6 Å². The molecule has 108 valence electrons. The van der Waals surface area contributed by atoms with Crippen LogP contribution in [0.15, 0.2) is 24.3 Å². The highest BCUT2D eigenvalue weighted by atomic mass is 35.5. The van der Waals surface area contributed by atoms with Gasteiger partial charge in [-0.2, -0.15) is 0 Å². The normalized spacial score (nSPS) is 11.7. The summed E-state index contributed by atoms with van der Waals surface area (Å²) in [5, 5.41) is 2.98. The first-order valence-corrected chi connectivity index (χ1v) is 7.44. The smallest absolute Gasteiger partial charge is 0.150 e. The first-order valence-electron chi connectivity index (χ1n) is 6.25. The van der Waals surface area contributed by atoms with Gasteiger partial charge in [0.05, 0.1) is 10.7 Å². The highest BCUT2D eigenvalue weighted by Crippen LogP contribution is 2.31. The third-order valence-corrected chi connectivity index (χ3v) is 4.66. The number of benzene rings is 1. The molecule has 0 aliphatic heterocycles. The van der Waals surface area contributed by atoms with Crippen LogP contribution in [-0.4, -0.2) is 0 Å². The van der Waals surface area contributed by atoms with Gasteiger partial charge in [0.2, 0.25) is 0 Å². The fourth-order valence-electron chi connectivity index (χ4n) is 1.76. The van der Waals surface area contributed by atoms with Gasteiger partial charge in [0.25, 0.3) is 0 Å². The monoisotopic (exact) mass is 315 g/mol. The highest BCUT2D eigenvalue weighted by molar-refractivity contribution is 7.12. The summed E-state index contributed by atoms with van der Waals surface area (Å²) in [6.07, 6.45) is 0. The minimum absolute atomic E-state index is 0.0510. The van der Waals surface area contributed by atoms with Crippen LogP contribution in [-0.2, 0) is 12.0 Å². The van der Waals surface area contributed by atoms with Crippen molar-refractivity contribution in [3.8, 4) is 0 Å². The zero-order valence-electron chi connectivity index (χ0n) is 11.6. The fourth-order valence-corrected chi connectivity index (χ4v) is 3.03. The number of hydrogen-bond acceptors (Lipinski definition) is 2. The highest BCUT2D eigenvalue weighted by Gasteiger charge is 2.16. The number of anilines is 1. The Balaban J connectivity index is 2.12. The van der Waals surface area contributed by atoms with Crippen LogP contribution in [0, 0.1) is 11.6 Å². The van der Waals surface area contributed by atoms with Crippen molar-refractivity contribution in [3.63, 3.8) is 0 Å². The van der Waals surface area contributed by atoms with E-state index in [4.69, 9.17) is 11.6 Å². The van der Waals surface area contributed by atoms with Gasteiger partial charge in [-0.25, -0.2) is 8.78 Å². The SMILES string of the molecule is CC(C)(C)c1ccc(CNc2c(F)cc(F)cc2Cl)s1. The molecule has 1 nitrogen and oxygen atoms in total. The maximum absolute atomic E-state index is 13.6. The molecule has 0 bridgehead atoms. The summed E-state index contributed by atoms with van der Waals surface area (Å²) in [5.74, 6) is -1.35. The molecular weight excluding hydrogens is 300 g/mol. The van der Waals surface area contributed by atoms with Crippen molar-refractivity contribution in [2.45, 2.75) is 32.7 Å². The number of rotatable bonds is 3. The van der Waals surface area contributed by atoms with Crippen molar-refractivity contribution >= 4 is 28.6 Å². The largest absolute Gasteiger partial charge is 0.377 e. The Hall–Kier alpha value is -1.13. The van der Waals surface area contributed by atoms with E-state index in [1.54, 1.807) is 11.3 Å². The van der Waals surface area contributed by atoms with Gasteiger partial charge < -0.3 is 5.32 Å². The van der Waals surface area contributed by atoms with Gasteiger partial charge >= 0.3 is 0 Å². The third-order valence-electron chi connectivity index (χ3n) is 2.85. The Morgan fingerprint density at radius 3 is 2.45 bits per heavy atom. The Labute approximate surface area is 126 Å². The van der Waals surface area contributed by atoms with Crippen LogP contribution in [0.3, 0.4) is 0 Å². The lowest BCUT2D eigenvalue weighted by atomic mass is 9.95. The lowest BCUT2D eigenvalue weighted by molar-refractivity contribution is 0.585. The third kappa shape index (κ3) is 3.49. The molecule has 20 heavy (non-hydrogen) atoms. The lowest BCUT2D eigenvalue weighted by Gasteiger charge is -2.15. The van der Waals surface area contributed by atoms with Crippen molar-refractivity contribution in [1.29, 1.82) is 0 Å². The van der Waals surface area contributed by atoms with Crippen molar-refractivity contribution < 1.29 is 8.78 Å². The number of halogens is 3. The average molecular weight is 316 g/mol. The van der Waals surface area contributed by atoms with E-state index >= 15 is 0 Å². The Morgan fingerprint density at radius 2 is 1.90 bits per heavy atom. The first-order chi connectivity index (χ1) is 9.27. The molecule has 0 aliphatic rings. The predicted octanol–water partition coefficient (Wildman–Crippen LogP) is 5.59. The molecule has 0 unspecified atom stereocenters. The molecule has 5 heteroatoms. The summed E-state index contributed by atoms with van der Waals surface area (Å²) in [5.41, 5.74) is 0.237. The van der Waals surface area contributed by atoms with Crippen molar-refractivity contribution in [2.24, 2.45) is 0 Å². The Bertz CT molecular complexity index is 594. The van der Waals surface area contributed by atoms with E-state index in [0.717, 1.165) is 17.0 Å². The summed E-state index contributed by atoms with van der Waals surface area (Å²) < 4.78 is 26.6. The second kappa shape index (κ2) is 5.70. The summed E-state index contributed by atoms with van der Waals surface area (Å²) in [7, 11) is 0. The van der Waals surface area contributed by atoms with Crippen molar-refractivity contribution in [3.05, 3.63) is 50.7 Å². The minimum Gasteiger partial charge on any atom is -0.377 e. The van der Waals surface area contributed by atoms with Crippen molar-refractivity contribution in [1.82, 2.24) is 0 Å². The van der Waals surface area contributed by atoms with Crippen LogP contribution in [0.1, 0.15) is 30.5 Å². The maximum Gasteiger partial charge on any atom is 0.150 e. The van der Waals surface area contributed by atoms with E-state index in [9.17, 15) is 8.78 Å². The summed E-state index contributed by atoms with van der Waals surface area (Å²) >= 11 is 7.51. The zero-order valence-corrected chi connectivity index (χ0v) is 13.1. The molecule has 2 aromatic rings. The molecular formula is C15H16ClF2NS. The molecule has 0 aliphatic carbocycles. The van der Waals surface area contributed by atoms with E-state index < -0.39 is 11.6 Å². The summed E-state index contributed by atoms with van der Waals surface area (Å²) in [6.45, 7) is 6.90.